The number of rotatable bonds is 8. The molecule has 0 fully saturated rings. The van der Waals surface area contributed by atoms with Crippen LogP contribution in [0.2, 0.25) is 5.02 Å². The van der Waals surface area contributed by atoms with E-state index < -0.39 is 54.0 Å². The van der Waals surface area contributed by atoms with Crippen LogP contribution in [0.5, 0.6) is 5.75 Å². The Bertz CT molecular complexity index is 1630. The number of carbonyl (C=O) groups excluding carboxylic acids is 2. The molecule has 0 saturated heterocycles. The number of hydrogen-bond acceptors (Lipinski definition) is 10. The fourth-order valence-electron chi connectivity index (χ4n) is 3.87. The van der Waals surface area contributed by atoms with Gasteiger partial charge in [-0.05, 0) is 24.6 Å². The fraction of sp³-hybridized carbons (Fsp3) is 0.182. The smallest absolute Gasteiger partial charge is 0.332 e. The van der Waals surface area contributed by atoms with E-state index >= 15 is 0 Å². The fourth-order valence-corrected chi connectivity index (χ4v) is 4.70. The first kappa shape index (κ1) is 26.1. The highest BCUT2D eigenvalue weighted by Crippen LogP contribution is 2.44. The summed E-state index contributed by atoms with van der Waals surface area (Å²) in [5.41, 5.74) is -1.63. The molecule has 2 amide bonds. The van der Waals surface area contributed by atoms with Gasteiger partial charge in [0, 0.05) is 42.7 Å². The molecule has 0 unspecified atom stereocenters. The van der Waals surface area contributed by atoms with Gasteiger partial charge in [-0.15, -0.1) is 14.1 Å². The van der Waals surface area contributed by atoms with E-state index in [1.807, 2.05) is 0 Å². The number of halogens is 2. The van der Waals surface area contributed by atoms with Crippen LogP contribution in [-0.2, 0) is 15.0 Å². The minimum absolute atomic E-state index is 0.0360. The molecular weight excluding hydrogens is 535 g/mol. The van der Waals surface area contributed by atoms with E-state index in [0.29, 0.717) is 25.2 Å². The normalized spacial score (nSPS) is 13.6. The van der Waals surface area contributed by atoms with E-state index in [1.165, 1.54) is 31.4 Å². The Morgan fingerprint density at radius 3 is 2.51 bits per heavy atom. The SMILES string of the molecule is COCCCN1C(=O)c2cccc3c(O)c(N=Nc4c(Cl)cc(S(=O)(=O)F)cc4[N+](=O)[O-])cc(c23)C1=O. The molecule has 3 aromatic rings. The zero-order valence-corrected chi connectivity index (χ0v) is 20.4. The number of imide groups is 1. The van der Waals surface area contributed by atoms with Crippen molar-refractivity contribution in [3.8, 4) is 5.75 Å². The Morgan fingerprint density at radius 2 is 1.86 bits per heavy atom. The van der Waals surface area contributed by atoms with Crippen LogP contribution in [0.4, 0.5) is 20.9 Å². The quantitative estimate of drug-likeness (QED) is 0.104. The number of aromatic hydroxyl groups is 1. The van der Waals surface area contributed by atoms with Crippen molar-refractivity contribution >= 4 is 61.5 Å². The van der Waals surface area contributed by atoms with Crippen molar-refractivity contribution < 1.29 is 36.7 Å². The third-order valence-electron chi connectivity index (χ3n) is 5.55. The highest BCUT2D eigenvalue weighted by molar-refractivity contribution is 7.86. The van der Waals surface area contributed by atoms with Crippen LogP contribution in [0.15, 0.2) is 51.5 Å². The molecule has 1 aliphatic rings. The van der Waals surface area contributed by atoms with Crippen molar-refractivity contribution in [3.05, 3.63) is 62.7 Å². The number of hydrogen-bond donors (Lipinski definition) is 1. The lowest BCUT2D eigenvalue weighted by Gasteiger charge is -2.27. The Labute approximate surface area is 213 Å². The minimum Gasteiger partial charge on any atom is -0.505 e. The molecule has 0 aromatic heterocycles. The topological polar surface area (TPSA) is 169 Å². The second-order valence-corrected chi connectivity index (χ2v) is 9.55. The molecule has 0 radical (unpaired) electrons. The minimum atomic E-state index is -5.31. The number of carbonyl (C=O) groups is 2. The maximum Gasteiger partial charge on any atom is 0.332 e. The maximum atomic E-state index is 13.4. The van der Waals surface area contributed by atoms with Gasteiger partial charge < -0.3 is 9.84 Å². The van der Waals surface area contributed by atoms with Gasteiger partial charge in [0.15, 0.2) is 11.4 Å². The monoisotopic (exact) mass is 550 g/mol. The molecular formula is C22H16ClFN4O8S. The van der Waals surface area contributed by atoms with Crippen LogP contribution < -0.4 is 0 Å². The highest BCUT2D eigenvalue weighted by atomic mass is 35.5. The number of ether oxygens (including phenoxy) is 1. The van der Waals surface area contributed by atoms with Crippen molar-refractivity contribution in [2.45, 2.75) is 11.3 Å². The molecule has 0 aliphatic carbocycles. The summed E-state index contributed by atoms with van der Waals surface area (Å²) in [4.78, 5) is 36.5. The molecule has 192 valence electrons. The summed E-state index contributed by atoms with van der Waals surface area (Å²) in [6.45, 7) is 0.385. The van der Waals surface area contributed by atoms with Crippen LogP contribution in [0.1, 0.15) is 27.1 Å². The first-order chi connectivity index (χ1) is 17.5. The molecule has 1 aliphatic heterocycles. The van der Waals surface area contributed by atoms with E-state index in [4.69, 9.17) is 16.3 Å². The molecule has 15 heteroatoms. The van der Waals surface area contributed by atoms with Gasteiger partial charge in [0.2, 0.25) is 0 Å². The van der Waals surface area contributed by atoms with Gasteiger partial charge in [-0.2, -0.15) is 8.42 Å². The predicted molar refractivity (Wildman–Crippen MR) is 128 cm³/mol. The van der Waals surface area contributed by atoms with Gasteiger partial charge in [-0.3, -0.25) is 24.6 Å². The Balaban J connectivity index is 1.85. The summed E-state index contributed by atoms with van der Waals surface area (Å²) >= 11 is 5.93. The molecule has 3 aromatic carbocycles. The van der Waals surface area contributed by atoms with E-state index in [2.05, 4.69) is 10.2 Å². The van der Waals surface area contributed by atoms with Gasteiger partial charge in [-0.1, -0.05) is 23.7 Å². The predicted octanol–water partition coefficient (Wildman–Crippen LogP) is 4.81. The molecule has 12 nitrogen and oxygen atoms in total. The summed E-state index contributed by atoms with van der Waals surface area (Å²) in [6.07, 6.45) is 0.386. The lowest BCUT2D eigenvalue weighted by atomic mass is 9.92. The van der Waals surface area contributed by atoms with Gasteiger partial charge >= 0.3 is 10.2 Å². The molecule has 0 saturated carbocycles. The van der Waals surface area contributed by atoms with Crippen molar-refractivity contribution in [1.82, 2.24) is 4.90 Å². The van der Waals surface area contributed by atoms with Gasteiger partial charge in [-0.25, -0.2) is 0 Å². The Hall–Kier alpha value is -4.01. The van der Waals surface area contributed by atoms with Crippen molar-refractivity contribution in [2.75, 3.05) is 20.3 Å². The summed E-state index contributed by atoms with van der Waals surface area (Å²) in [5.74, 6) is -1.67. The summed E-state index contributed by atoms with van der Waals surface area (Å²) in [6, 6.07) is 6.69. The molecule has 4 rings (SSSR count). The van der Waals surface area contributed by atoms with Crippen molar-refractivity contribution in [1.29, 1.82) is 0 Å². The van der Waals surface area contributed by atoms with Crippen molar-refractivity contribution in [3.63, 3.8) is 0 Å². The summed E-state index contributed by atoms with van der Waals surface area (Å²) < 4.78 is 40.7. The number of methoxy groups -OCH3 is 1. The number of benzene rings is 3. The second kappa shape index (κ2) is 9.80. The number of amides is 2. The average molecular weight is 551 g/mol. The largest absolute Gasteiger partial charge is 0.505 e. The number of nitrogens with zero attached hydrogens (tertiary/aromatic N) is 4. The zero-order chi connectivity index (χ0) is 27.1. The third kappa shape index (κ3) is 4.73. The van der Waals surface area contributed by atoms with Crippen molar-refractivity contribution in [2.24, 2.45) is 10.2 Å². The Morgan fingerprint density at radius 1 is 1.16 bits per heavy atom. The first-order valence-electron chi connectivity index (χ1n) is 10.4. The third-order valence-corrected chi connectivity index (χ3v) is 6.63. The molecule has 0 spiro atoms. The van der Waals surface area contributed by atoms with Gasteiger partial charge in [0.1, 0.15) is 10.6 Å². The maximum absolute atomic E-state index is 13.4. The van der Waals surface area contributed by atoms with E-state index in [0.717, 1.165) is 4.90 Å². The standard InChI is InChI=1S/C22H16ClFN4O8S/c1-36-7-3-6-27-21(30)13-5-2-4-12-18(13)14(22(27)31)10-16(20(12)29)25-26-19-15(23)8-11(37(24,34)35)9-17(19)28(32)33/h2,4-5,8-10,29H,3,6-7H2,1H3. The number of nitro groups is 1. The molecule has 1 N–H and O–H groups in total. The van der Waals surface area contributed by atoms with E-state index in [1.54, 1.807) is 0 Å². The average Bonchev–Trinajstić information content (AvgIpc) is 2.84. The zero-order valence-electron chi connectivity index (χ0n) is 18.8. The highest BCUT2D eigenvalue weighted by Gasteiger charge is 2.34. The van der Waals surface area contributed by atoms with Crippen LogP contribution in [0, 0.1) is 10.1 Å². The lowest BCUT2D eigenvalue weighted by molar-refractivity contribution is -0.384. The van der Waals surface area contributed by atoms with Gasteiger partial charge in [0.05, 0.1) is 15.5 Å². The molecule has 37 heavy (non-hydrogen) atoms. The van der Waals surface area contributed by atoms with Gasteiger partial charge in [0.25, 0.3) is 17.5 Å². The number of phenols is 1. The molecule has 1 heterocycles. The summed E-state index contributed by atoms with van der Waals surface area (Å²) in [5, 5.41) is 29.5. The summed E-state index contributed by atoms with van der Waals surface area (Å²) in [7, 11) is -3.82. The van der Waals surface area contributed by atoms with E-state index in [-0.39, 0.29) is 34.1 Å². The molecule has 0 atom stereocenters. The van der Waals surface area contributed by atoms with Crippen LogP contribution in [0.3, 0.4) is 0 Å². The van der Waals surface area contributed by atoms with Crippen LogP contribution in [-0.4, -0.2) is 55.4 Å². The molecule has 0 bridgehead atoms. The van der Waals surface area contributed by atoms with Crippen LogP contribution >= 0.6 is 11.6 Å². The lowest BCUT2D eigenvalue weighted by Crippen LogP contribution is -2.41. The number of nitro benzene ring substituents is 1. The number of phenolic OH excluding ortho intramolecular Hbond substituents is 1. The van der Waals surface area contributed by atoms with E-state index in [9.17, 15) is 37.1 Å². The van der Waals surface area contributed by atoms with Crippen LogP contribution in [0.25, 0.3) is 10.8 Å². The Kier molecular flexibility index (Phi) is 6.90. The second-order valence-electron chi connectivity index (χ2n) is 7.80. The first-order valence-corrected chi connectivity index (χ1v) is 12.2. The number of azo groups is 1.